The minimum atomic E-state index is -0.255. The Kier molecular flexibility index (Phi) is 3.90. The van der Waals surface area contributed by atoms with Gasteiger partial charge in [-0.3, -0.25) is 0 Å². The number of thioether (sulfide) groups is 1. The number of halogens is 1. The van der Waals surface area contributed by atoms with Gasteiger partial charge in [0.25, 0.3) is 0 Å². The summed E-state index contributed by atoms with van der Waals surface area (Å²) in [6.45, 7) is 7.00. The van der Waals surface area contributed by atoms with Crippen LogP contribution in [0, 0.1) is 17.2 Å². The Bertz CT molecular complexity index is 431. The van der Waals surface area contributed by atoms with E-state index < -0.39 is 0 Å². The van der Waals surface area contributed by atoms with Crippen LogP contribution in [0.1, 0.15) is 40.0 Å². The van der Waals surface area contributed by atoms with E-state index in [1.165, 1.54) is 31.4 Å². The van der Waals surface area contributed by atoms with E-state index in [1.807, 2.05) is 17.8 Å². The molecule has 1 saturated carbocycles. The standard InChI is InChI=1S/C15H22FNS/c1-10-6-12(9-15(2,3)8-10)18-14-5-4-11(16)7-13(14)17/h4-5,7,10,12H,6,8-9,17H2,1-3H3. The highest BCUT2D eigenvalue weighted by atomic mass is 32.2. The fourth-order valence-electron chi connectivity index (χ4n) is 3.15. The smallest absolute Gasteiger partial charge is 0.125 e. The van der Waals surface area contributed by atoms with Crippen LogP contribution < -0.4 is 5.73 Å². The number of anilines is 1. The quantitative estimate of drug-likeness (QED) is 0.785. The third kappa shape index (κ3) is 3.41. The van der Waals surface area contributed by atoms with Crippen LogP contribution in [0.3, 0.4) is 0 Å². The molecule has 1 aromatic rings. The molecule has 18 heavy (non-hydrogen) atoms. The van der Waals surface area contributed by atoms with Crippen molar-refractivity contribution in [3.8, 4) is 0 Å². The van der Waals surface area contributed by atoms with E-state index in [4.69, 9.17) is 5.73 Å². The molecule has 2 rings (SSSR count). The number of rotatable bonds is 2. The van der Waals surface area contributed by atoms with Crippen LogP contribution >= 0.6 is 11.8 Å². The van der Waals surface area contributed by atoms with E-state index in [2.05, 4.69) is 20.8 Å². The van der Waals surface area contributed by atoms with E-state index in [-0.39, 0.29) is 5.82 Å². The lowest BCUT2D eigenvalue weighted by atomic mass is 9.73. The Morgan fingerprint density at radius 3 is 2.67 bits per heavy atom. The van der Waals surface area contributed by atoms with Crippen LogP contribution in [-0.2, 0) is 0 Å². The van der Waals surface area contributed by atoms with Crippen molar-refractivity contribution in [1.29, 1.82) is 0 Å². The van der Waals surface area contributed by atoms with Gasteiger partial charge in [0.05, 0.1) is 0 Å². The lowest BCUT2D eigenvalue weighted by Gasteiger charge is -2.38. The van der Waals surface area contributed by atoms with Gasteiger partial charge >= 0.3 is 0 Å². The highest BCUT2D eigenvalue weighted by Crippen LogP contribution is 2.45. The van der Waals surface area contributed by atoms with E-state index in [0.29, 0.717) is 16.4 Å². The Morgan fingerprint density at radius 1 is 1.33 bits per heavy atom. The third-order valence-electron chi connectivity index (χ3n) is 3.61. The Morgan fingerprint density at radius 2 is 2.06 bits per heavy atom. The first-order chi connectivity index (χ1) is 8.35. The van der Waals surface area contributed by atoms with Gasteiger partial charge in [-0.25, -0.2) is 4.39 Å². The van der Waals surface area contributed by atoms with Gasteiger partial charge < -0.3 is 5.73 Å². The minimum absolute atomic E-state index is 0.255. The number of hydrogen-bond donors (Lipinski definition) is 1. The molecule has 1 fully saturated rings. The van der Waals surface area contributed by atoms with Crippen molar-refractivity contribution in [3.63, 3.8) is 0 Å². The van der Waals surface area contributed by atoms with E-state index in [1.54, 1.807) is 0 Å². The molecule has 0 aromatic heterocycles. The molecule has 2 atom stereocenters. The van der Waals surface area contributed by atoms with Gasteiger partial charge in [0, 0.05) is 15.8 Å². The molecular weight excluding hydrogens is 245 g/mol. The van der Waals surface area contributed by atoms with Gasteiger partial charge in [-0.2, -0.15) is 0 Å². The highest BCUT2D eigenvalue weighted by Gasteiger charge is 2.32. The predicted molar refractivity (Wildman–Crippen MR) is 77.3 cm³/mol. The topological polar surface area (TPSA) is 26.0 Å². The average Bonchev–Trinajstić information content (AvgIpc) is 2.19. The number of hydrogen-bond acceptors (Lipinski definition) is 2. The van der Waals surface area contributed by atoms with Crippen molar-refractivity contribution in [3.05, 3.63) is 24.0 Å². The Hall–Kier alpha value is -0.700. The first-order valence-electron chi connectivity index (χ1n) is 6.57. The van der Waals surface area contributed by atoms with Crippen LogP contribution in [0.15, 0.2) is 23.1 Å². The lowest BCUT2D eigenvalue weighted by molar-refractivity contribution is 0.197. The fraction of sp³-hybridized carbons (Fsp3) is 0.600. The summed E-state index contributed by atoms with van der Waals surface area (Å²) < 4.78 is 13.0. The van der Waals surface area contributed by atoms with Gasteiger partial charge in [-0.1, -0.05) is 20.8 Å². The molecule has 1 aromatic carbocycles. The summed E-state index contributed by atoms with van der Waals surface area (Å²) in [6.07, 6.45) is 3.73. The van der Waals surface area contributed by atoms with E-state index >= 15 is 0 Å². The normalized spacial score (nSPS) is 27.1. The zero-order valence-corrected chi connectivity index (χ0v) is 12.2. The summed E-state index contributed by atoms with van der Waals surface area (Å²) >= 11 is 1.81. The monoisotopic (exact) mass is 267 g/mol. The summed E-state index contributed by atoms with van der Waals surface area (Å²) in [7, 11) is 0. The maximum absolute atomic E-state index is 13.0. The maximum Gasteiger partial charge on any atom is 0.125 e. The molecule has 1 aliphatic rings. The van der Waals surface area contributed by atoms with Crippen molar-refractivity contribution < 1.29 is 4.39 Å². The maximum atomic E-state index is 13.0. The largest absolute Gasteiger partial charge is 0.398 e. The molecule has 0 amide bonds. The van der Waals surface area contributed by atoms with Gasteiger partial charge in [0.15, 0.2) is 0 Å². The van der Waals surface area contributed by atoms with Gasteiger partial charge in [-0.15, -0.1) is 11.8 Å². The second kappa shape index (κ2) is 5.12. The zero-order chi connectivity index (χ0) is 13.3. The first kappa shape index (κ1) is 13.7. The molecule has 2 unspecified atom stereocenters. The molecule has 0 radical (unpaired) electrons. The molecular formula is C15H22FNS. The minimum Gasteiger partial charge on any atom is -0.398 e. The highest BCUT2D eigenvalue weighted by molar-refractivity contribution is 8.00. The summed E-state index contributed by atoms with van der Waals surface area (Å²) in [5.41, 5.74) is 6.85. The van der Waals surface area contributed by atoms with Crippen LogP contribution in [0.5, 0.6) is 0 Å². The lowest BCUT2D eigenvalue weighted by Crippen LogP contribution is -2.29. The van der Waals surface area contributed by atoms with E-state index in [9.17, 15) is 4.39 Å². The van der Waals surface area contributed by atoms with Crippen LogP contribution in [-0.4, -0.2) is 5.25 Å². The molecule has 1 aliphatic carbocycles. The summed E-state index contributed by atoms with van der Waals surface area (Å²) in [6, 6.07) is 4.72. The molecule has 3 heteroatoms. The van der Waals surface area contributed by atoms with Gasteiger partial charge in [-0.05, 0) is 48.8 Å². The molecule has 2 N–H and O–H groups in total. The van der Waals surface area contributed by atoms with Crippen molar-refractivity contribution in [1.82, 2.24) is 0 Å². The van der Waals surface area contributed by atoms with Crippen LogP contribution in [0.2, 0.25) is 0 Å². The molecule has 0 spiro atoms. The van der Waals surface area contributed by atoms with Crippen LogP contribution in [0.25, 0.3) is 0 Å². The molecule has 1 nitrogen and oxygen atoms in total. The second-order valence-electron chi connectivity index (χ2n) is 6.34. The number of nitrogens with two attached hydrogens (primary N) is 1. The zero-order valence-electron chi connectivity index (χ0n) is 11.4. The second-order valence-corrected chi connectivity index (χ2v) is 7.68. The molecule has 0 bridgehead atoms. The summed E-state index contributed by atoms with van der Waals surface area (Å²) in [4.78, 5) is 1.02. The van der Waals surface area contributed by atoms with Gasteiger partial charge in [0.1, 0.15) is 5.82 Å². The number of benzene rings is 1. The number of nitrogen functional groups attached to an aromatic ring is 1. The Balaban J connectivity index is 2.09. The van der Waals surface area contributed by atoms with Crippen molar-refractivity contribution in [2.75, 3.05) is 5.73 Å². The fourth-order valence-corrected chi connectivity index (χ4v) is 4.81. The third-order valence-corrected chi connectivity index (χ3v) is 4.93. The van der Waals surface area contributed by atoms with E-state index in [0.717, 1.165) is 10.8 Å². The van der Waals surface area contributed by atoms with Gasteiger partial charge in [0.2, 0.25) is 0 Å². The predicted octanol–water partition coefficient (Wildman–Crippen LogP) is 4.71. The van der Waals surface area contributed by atoms with Crippen LogP contribution in [0.4, 0.5) is 10.1 Å². The first-order valence-corrected chi connectivity index (χ1v) is 7.45. The van der Waals surface area contributed by atoms with Crippen molar-refractivity contribution in [2.45, 2.75) is 50.2 Å². The van der Waals surface area contributed by atoms with Crippen molar-refractivity contribution in [2.24, 2.45) is 11.3 Å². The Labute approximate surface area is 113 Å². The van der Waals surface area contributed by atoms with Crippen molar-refractivity contribution >= 4 is 17.4 Å². The summed E-state index contributed by atoms with van der Waals surface area (Å²) in [5, 5.41) is 0.594. The summed E-state index contributed by atoms with van der Waals surface area (Å²) in [5.74, 6) is 0.502. The molecule has 0 aliphatic heterocycles. The molecule has 100 valence electrons. The molecule has 0 heterocycles. The average molecular weight is 267 g/mol. The SMILES string of the molecule is CC1CC(Sc2ccc(F)cc2N)CC(C)(C)C1. The molecule has 0 saturated heterocycles.